The highest BCUT2D eigenvalue weighted by atomic mass is 16.3. The van der Waals surface area contributed by atoms with Crippen LogP contribution in [-0.2, 0) is 0 Å². The van der Waals surface area contributed by atoms with Crippen molar-refractivity contribution in [3.8, 4) is 5.75 Å². The Balaban J connectivity index is 2.62. The summed E-state index contributed by atoms with van der Waals surface area (Å²) in [7, 11) is 0. The van der Waals surface area contributed by atoms with Crippen molar-refractivity contribution in [3.63, 3.8) is 0 Å². The number of aromatic hydroxyl groups is 1. The molecule has 0 saturated carbocycles. The number of carbonyl (C=O) groups is 1. The zero-order valence-electron chi connectivity index (χ0n) is 8.82. The van der Waals surface area contributed by atoms with Crippen molar-refractivity contribution in [3.05, 3.63) is 29.8 Å². The van der Waals surface area contributed by atoms with Gasteiger partial charge < -0.3 is 15.5 Å². The van der Waals surface area contributed by atoms with Crippen LogP contribution >= 0.6 is 0 Å². The van der Waals surface area contributed by atoms with E-state index in [-0.39, 0.29) is 18.2 Å². The second kappa shape index (κ2) is 4.31. The zero-order chi connectivity index (χ0) is 11.5. The summed E-state index contributed by atoms with van der Waals surface area (Å²) < 4.78 is 0. The van der Waals surface area contributed by atoms with Crippen LogP contribution < -0.4 is 5.32 Å². The fourth-order valence-corrected chi connectivity index (χ4v) is 1.05. The van der Waals surface area contributed by atoms with Gasteiger partial charge in [-0.1, -0.05) is 6.07 Å². The van der Waals surface area contributed by atoms with Gasteiger partial charge >= 0.3 is 0 Å². The Morgan fingerprint density at radius 2 is 2.13 bits per heavy atom. The summed E-state index contributed by atoms with van der Waals surface area (Å²) in [6.45, 7) is 3.38. The largest absolute Gasteiger partial charge is 0.508 e. The molecule has 0 fully saturated rings. The third-order valence-electron chi connectivity index (χ3n) is 1.79. The summed E-state index contributed by atoms with van der Waals surface area (Å²) in [4.78, 5) is 11.5. The minimum absolute atomic E-state index is 0.0471. The van der Waals surface area contributed by atoms with E-state index in [0.29, 0.717) is 5.56 Å². The van der Waals surface area contributed by atoms with Crippen LogP contribution in [0.15, 0.2) is 24.3 Å². The van der Waals surface area contributed by atoms with E-state index in [9.17, 15) is 9.90 Å². The van der Waals surface area contributed by atoms with E-state index in [1.165, 1.54) is 12.1 Å². The number of hydrogen-bond acceptors (Lipinski definition) is 3. The normalized spacial score (nSPS) is 11.1. The fraction of sp³-hybridized carbons (Fsp3) is 0.364. The molecule has 0 radical (unpaired) electrons. The number of phenolic OH excluding ortho intramolecular Hbond substituents is 1. The van der Waals surface area contributed by atoms with Crippen LogP contribution in [0.4, 0.5) is 0 Å². The van der Waals surface area contributed by atoms with Crippen LogP contribution in [0.25, 0.3) is 0 Å². The Morgan fingerprint density at radius 1 is 1.47 bits per heavy atom. The maximum Gasteiger partial charge on any atom is 0.251 e. The number of nitrogens with one attached hydrogen (secondary N) is 1. The van der Waals surface area contributed by atoms with Gasteiger partial charge in [-0.25, -0.2) is 0 Å². The van der Waals surface area contributed by atoms with Crippen molar-refractivity contribution in [1.82, 2.24) is 5.32 Å². The molecule has 0 aliphatic heterocycles. The van der Waals surface area contributed by atoms with Crippen molar-refractivity contribution in [2.24, 2.45) is 0 Å². The molecule has 1 rings (SSSR count). The van der Waals surface area contributed by atoms with Crippen LogP contribution in [0.3, 0.4) is 0 Å². The molecule has 0 spiro atoms. The van der Waals surface area contributed by atoms with Gasteiger partial charge in [-0.2, -0.15) is 0 Å². The summed E-state index contributed by atoms with van der Waals surface area (Å²) >= 11 is 0. The maximum absolute atomic E-state index is 11.5. The first-order valence-electron chi connectivity index (χ1n) is 4.68. The summed E-state index contributed by atoms with van der Waals surface area (Å²) in [6.07, 6.45) is 0. The molecular formula is C11H15NO3. The molecule has 0 aromatic heterocycles. The quantitative estimate of drug-likeness (QED) is 0.692. The fourth-order valence-electron chi connectivity index (χ4n) is 1.05. The molecular weight excluding hydrogens is 194 g/mol. The van der Waals surface area contributed by atoms with E-state index >= 15 is 0 Å². The molecule has 82 valence electrons. The lowest BCUT2D eigenvalue weighted by molar-refractivity contribution is 0.0694. The monoisotopic (exact) mass is 209 g/mol. The molecule has 0 heterocycles. The van der Waals surface area contributed by atoms with E-state index in [1.807, 2.05) is 0 Å². The van der Waals surface area contributed by atoms with E-state index in [1.54, 1.807) is 26.0 Å². The molecule has 0 saturated heterocycles. The molecule has 0 bridgehead atoms. The third kappa shape index (κ3) is 3.99. The molecule has 3 N–H and O–H groups in total. The highest BCUT2D eigenvalue weighted by Crippen LogP contribution is 2.10. The first-order chi connectivity index (χ1) is 6.88. The van der Waals surface area contributed by atoms with Crippen molar-refractivity contribution < 1.29 is 15.0 Å². The van der Waals surface area contributed by atoms with Gasteiger partial charge in [0.05, 0.1) is 5.60 Å². The number of phenols is 1. The number of carbonyl (C=O) groups excluding carboxylic acids is 1. The lowest BCUT2D eigenvalue weighted by Crippen LogP contribution is -2.38. The minimum Gasteiger partial charge on any atom is -0.508 e. The first kappa shape index (κ1) is 11.5. The summed E-state index contributed by atoms with van der Waals surface area (Å²) in [6, 6.07) is 6.06. The predicted octanol–water partition coefficient (Wildman–Crippen LogP) is 0.893. The molecule has 4 heteroatoms. The zero-order valence-corrected chi connectivity index (χ0v) is 8.82. The molecule has 4 nitrogen and oxygen atoms in total. The van der Waals surface area contributed by atoms with Gasteiger partial charge in [0.1, 0.15) is 5.75 Å². The highest BCUT2D eigenvalue weighted by molar-refractivity contribution is 5.94. The molecule has 1 aromatic rings. The number of amides is 1. The molecule has 1 aromatic carbocycles. The van der Waals surface area contributed by atoms with Crippen LogP contribution in [0.5, 0.6) is 5.75 Å². The number of rotatable bonds is 3. The van der Waals surface area contributed by atoms with Gasteiger partial charge in [0.15, 0.2) is 0 Å². The first-order valence-corrected chi connectivity index (χ1v) is 4.68. The topological polar surface area (TPSA) is 69.6 Å². The molecule has 0 aliphatic rings. The Bertz CT molecular complexity index is 355. The molecule has 0 atom stereocenters. The molecule has 1 amide bonds. The van der Waals surface area contributed by atoms with E-state index in [4.69, 9.17) is 5.11 Å². The number of benzene rings is 1. The van der Waals surface area contributed by atoms with Crippen LogP contribution in [0, 0.1) is 0 Å². The van der Waals surface area contributed by atoms with Crippen LogP contribution in [0.2, 0.25) is 0 Å². The smallest absolute Gasteiger partial charge is 0.251 e. The Labute approximate surface area is 88.6 Å². The Hall–Kier alpha value is -1.55. The second-order valence-electron chi connectivity index (χ2n) is 4.05. The van der Waals surface area contributed by atoms with Gasteiger partial charge in [0.25, 0.3) is 5.91 Å². The number of aliphatic hydroxyl groups is 1. The van der Waals surface area contributed by atoms with E-state index in [2.05, 4.69) is 5.32 Å². The molecule has 15 heavy (non-hydrogen) atoms. The average molecular weight is 209 g/mol. The van der Waals surface area contributed by atoms with E-state index < -0.39 is 5.60 Å². The summed E-state index contributed by atoms with van der Waals surface area (Å²) in [5.41, 5.74) is -0.564. The maximum atomic E-state index is 11.5. The van der Waals surface area contributed by atoms with Gasteiger partial charge in [0, 0.05) is 12.1 Å². The average Bonchev–Trinajstić information content (AvgIpc) is 2.13. The van der Waals surface area contributed by atoms with Crippen molar-refractivity contribution in [1.29, 1.82) is 0 Å². The van der Waals surface area contributed by atoms with Gasteiger partial charge in [-0.05, 0) is 32.0 Å². The Kier molecular flexibility index (Phi) is 3.31. The van der Waals surface area contributed by atoms with Crippen molar-refractivity contribution >= 4 is 5.91 Å². The Morgan fingerprint density at radius 3 is 2.67 bits per heavy atom. The lowest BCUT2D eigenvalue weighted by atomic mass is 10.1. The summed E-state index contributed by atoms with van der Waals surface area (Å²) in [5, 5.41) is 21.1. The van der Waals surface area contributed by atoms with Crippen LogP contribution in [0.1, 0.15) is 24.2 Å². The van der Waals surface area contributed by atoms with Crippen LogP contribution in [-0.4, -0.2) is 28.3 Å². The molecule has 0 unspecified atom stereocenters. The highest BCUT2D eigenvalue weighted by Gasteiger charge is 2.14. The summed E-state index contributed by atoms with van der Waals surface area (Å²) in [5.74, 6) is -0.265. The van der Waals surface area contributed by atoms with Gasteiger partial charge in [-0.15, -0.1) is 0 Å². The third-order valence-corrected chi connectivity index (χ3v) is 1.79. The van der Waals surface area contributed by atoms with Crippen molar-refractivity contribution in [2.45, 2.75) is 19.4 Å². The van der Waals surface area contributed by atoms with Gasteiger partial charge in [-0.3, -0.25) is 4.79 Å². The minimum atomic E-state index is -0.938. The SMILES string of the molecule is CC(C)(O)CNC(=O)c1cccc(O)c1. The second-order valence-corrected chi connectivity index (χ2v) is 4.05. The predicted molar refractivity (Wildman–Crippen MR) is 56.7 cm³/mol. The van der Waals surface area contributed by atoms with Crippen molar-refractivity contribution in [2.75, 3.05) is 6.54 Å². The number of hydrogen-bond donors (Lipinski definition) is 3. The standard InChI is InChI=1S/C11H15NO3/c1-11(2,15)7-12-10(14)8-4-3-5-9(13)6-8/h3-6,13,15H,7H2,1-2H3,(H,12,14). The lowest BCUT2D eigenvalue weighted by Gasteiger charge is -2.17. The molecule has 0 aliphatic carbocycles. The van der Waals surface area contributed by atoms with E-state index in [0.717, 1.165) is 0 Å². The van der Waals surface area contributed by atoms with Gasteiger partial charge in [0.2, 0.25) is 0 Å².